The first-order valence-electron chi connectivity index (χ1n) is 7.20. The topological polar surface area (TPSA) is 83.8 Å². The van der Waals surface area contributed by atoms with Gasteiger partial charge in [0.1, 0.15) is 0 Å². The summed E-state index contributed by atoms with van der Waals surface area (Å²) in [5, 5.41) is 10.3. The van der Waals surface area contributed by atoms with Gasteiger partial charge in [0.25, 0.3) is 0 Å². The Labute approximate surface area is 114 Å². The molecule has 2 rings (SSSR count). The molecule has 0 fully saturated rings. The van der Waals surface area contributed by atoms with Crippen molar-refractivity contribution >= 4 is 5.91 Å². The van der Waals surface area contributed by atoms with E-state index in [0.717, 1.165) is 37.8 Å². The zero-order chi connectivity index (χ0) is 13.9. The Bertz CT molecular complexity index is 428. The zero-order valence-electron chi connectivity index (χ0n) is 11.8. The number of aromatic nitrogens is 2. The predicted molar refractivity (Wildman–Crippen MR) is 74.5 cm³/mol. The van der Waals surface area contributed by atoms with Gasteiger partial charge in [-0.1, -0.05) is 13.8 Å². The van der Waals surface area contributed by atoms with E-state index in [-0.39, 0.29) is 11.9 Å². The van der Waals surface area contributed by atoms with Crippen LogP contribution in [0, 0.1) is 5.41 Å². The van der Waals surface area contributed by atoms with Gasteiger partial charge in [-0.2, -0.15) is 5.10 Å². The van der Waals surface area contributed by atoms with Crippen LogP contribution in [0.15, 0.2) is 6.20 Å². The van der Waals surface area contributed by atoms with Crippen molar-refractivity contribution in [2.75, 3.05) is 6.54 Å². The highest BCUT2D eigenvalue weighted by atomic mass is 16.2. The molecule has 5 heteroatoms. The minimum absolute atomic E-state index is 0.0581. The second kappa shape index (κ2) is 5.74. The molecule has 1 heterocycles. The van der Waals surface area contributed by atoms with Crippen LogP contribution in [0.3, 0.4) is 0 Å². The van der Waals surface area contributed by atoms with E-state index in [1.165, 1.54) is 5.56 Å². The third-order valence-electron chi connectivity index (χ3n) is 4.57. The summed E-state index contributed by atoms with van der Waals surface area (Å²) in [6.45, 7) is 4.45. The molecule has 1 amide bonds. The molecular formula is C14H24N4O. The van der Waals surface area contributed by atoms with Crippen LogP contribution in [0.5, 0.6) is 0 Å². The molecule has 1 unspecified atom stereocenters. The van der Waals surface area contributed by atoms with Crippen LogP contribution >= 0.6 is 0 Å². The molecule has 1 aromatic rings. The summed E-state index contributed by atoms with van der Waals surface area (Å²) < 4.78 is 0. The molecule has 1 aromatic heterocycles. The van der Waals surface area contributed by atoms with E-state index in [0.29, 0.717) is 6.54 Å². The average Bonchev–Trinajstić information content (AvgIpc) is 2.91. The fourth-order valence-corrected chi connectivity index (χ4v) is 2.87. The van der Waals surface area contributed by atoms with Gasteiger partial charge in [-0.15, -0.1) is 0 Å². The van der Waals surface area contributed by atoms with Crippen LogP contribution in [-0.4, -0.2) is 22.6 Å². The molecule has 1 aliphatic carbocycles. The lowest BCUT2D eigenvalue weighted by atomic mass is 9.80. The highest BCUT2D eigenvalue weighted by Crippen LogP contribution is 2.31. The Kier molecular flexibility index (Phi) is 4.24. The van der Waals surface area contributed by atoms with Crippen LogP contribution in [-0.2, 0) is 11.2 Å². The number of nitrogens with zero attached hydrogens (tertiary/aromatic N) is 1. The molecule has 0 radical (unpaired) electrons. The van der Waals surface area contributed by atoms with Crippen molar-refractivity contribution in [1.82, 2.24) is 15.5 Å². The number of nitrogens with two attached hydrogens (primary N) is 1. The van der Waals surface area contributed by atoms with Gasteiger partial charge in [-0.25, -0.2) is 0 Å². The van der Waals surface area contributed by atoms with Crippen LogP contribution in [0.25, 0.3) is 0 Å². The minimum atomic E-state index is -0.433. The maximum Gasteiger partial charge on any atom is 0.228 e. The number of nitrogens with one attached hydrogen (secondary N) is 2. The van der Waals surface area contributed by atoms with E-state index >= 15 is 0 Å². The summed E-state index contributed by atoms with van der Waals surface area (Å²) in [6, 6.07) is 0.0581. The summed E-state index contributed by atoms with van der Waals surface area (Å²) in [6.07, 6.45) is 6.51. The van der Waals surface area contributed by atoms with E-state index in [2.05, 4.69) is 15.5 Å². The first-order valence-corrected chi connectivity index (χ1v) is 7.20. The average molecular weight is 264 g/mol. The number of rotatable bonds is 5. The summed E-state index contributed by atoms with van der Waals surface area (Å²) in [4.78, 5) is 12.5. The Hall–Kier alpha value is -1.36. The Morgan fingerprint density at radius 3 is 2.95 bits per heavy atom. The summed E-state index contributed by atoms with van der Waals surface area (Å²) in [7, 11) is 0. The molecular weight excluding hydrogens is 240 g/mol. The summed E-state index contributed by atoms with van der Waals surface area (Å²) >= 11 is 0. The van der Waals surface area contributed by atoms with E-state index in [4.69, 9.17) is 5.73 Å². The van der Waals surface area contributed by atoms with Crippen LogP contribution < -0.4 is 11.1 Å². The van der Waals surface area contributed by atoms with Gasteiger partial charge in [0.15, 0.2) is 0 Å². The molecule has 0 spiro atoms. The first-order chi connectivity index (χ1) is 9.16. The number of H-pyrrole nitrogens is 1. The summed E-state index contributed by atoms with van der Waals surface area (Å²) in [5.74, 6) is 0.0763. The maximum absolute atomic E-state index is 12.5. The quantitative estimate of drug-likeness (QED) is 0.756. The number of aromatic amines is 1. The molecule has 5 nitrogen and oxygen atoms in total. The standard InChI is InChI=1S/C14H24N4O/c1-3-14(4-2,9-15)13(19)17-11-7-5-6-10-8-16-18-12(10)11/h8,11H,3-7,9,15H2,1-2H3,(H,16,18)(H,17,19). The smallest absolute Gasteiger partial charge is 0.228 e. The predicted octanol–water partition coefficient (Wildman–Crippen LogP) is 1.67. The second-order valence-electron chi connectivity index (χ2n) is 5.42. The first kappa shape index (κ1) is 14.1. The van der Waals surface area contributed by atoms with Crippen molar-refractivity contribution < 1.29 is 4.79 Å². The molecule has 19 heavy (non-hydrogen) atoms. The number of amides is 1. The highest BCUT2D eigenvalue weighted by Gasteiger charge is 2.35. The van der Waals surface area contributed by atoms with Crippen molar-refractivity contribution in [2.24, 2.45) is 11.1 Å². The van der Waals surface area contributed by atoms with Crippen LogP contribution in [0.2, 0.25) is 0 Å². The van der Waals surface area contributed by atoms with Gasteiger partial charge in [0.2, 0.25) is 5.91 Å². The minimum Gasteiger partial charge on any atom is -0.347 e. The molecule has 0 bridgehead atoms. The van der Waals surface area contributed by atoms with Crippen molar-refractivity contribution in [2.45, 2.75) is 52.0 Å². The third kappa shape index (κ3) is 2.52. The Balaban J connectivity index is 2.12. The van der Waals surface area contributed by atoms with Gasteiger partial charge in [-0.05, 0) is 37.7 Å². The number of hydrogen-bond acceptors (Lipinski definition) is 3. The molecule has 0 saturated heterocycles. The van der Waals surface area contributed by atoms with Gasteiger partial charge in [-0.3, -0.25) is 9.89 Å². The lowest BCUT2D eigenvalue weighted by Gasteiger charge is -2.32. The molecule has 4 N–H and O–H groups in total. The maximum atomic E-state index is 12.5. The largest absolute Gasteiger partial charge is 0.347 e. The third-order valence-corrected chi connectivity index (χ3v) is 4.57. The summed E-state index contributed by atoms with van der Waals surface area (Å²) in [5.41, 5.74) is 7.69. The fourth-order valence-electron chi connectivity index (χ4n) is 2.87. The van der Waals surface area contributed by atoms with Gasteiger partial charge < -0.3 is 11.1 Å². The van der Waals surface area contributed by atoms with E-state index in [9.17, 15) is 4.79 Å². The molecule has 1 atom stereocenters. The SMILES string of the molecule is CCC(CC)(CN)C(=O)NC1CCCc2cn[nH]c21. The molecule has 0 aromatic carbocycles. The number of carbonyl (C=O) groups is 1. The molecule has 1 aliphatic rings. The molecule has 0 saturated carbocycles. The lowest BCUT2D eigenvalue weighted by molar-refractivity contribution is -0.132. The Morgan fingerprint density at radius 2 is 2.32 bits per heavy atom. The Morgan fingerprint density at radius 1 is 1.58 bits per heavy atom. The van der Waals surface area contributed by atoms with Gasteiger partial charge >= 0.3 is 0 Å². The number of hydrogen-bond donors (Lipinski definition) is 3. The van der Waals surface area contributed by atoms with Gasteiger partial charge in [0, 0.05) is 6.54 Å². The van der Waals surface area contributed by atoms with Gasteiger partial charge in [0.05, 0.1) is 23.3 Å². The van der Waals surface area contributed by atoms with Crippen LogP contribution in [0.4, 0.5) is 0 Å². The van der Waals surface area contributed by atoms with Crippen molar-refractivity contribution in [3.8, 4) is 0 Å². The number of carbonyl (C=O) groups excluding carboxylic acids is 1. The highest BCUT2D eigenvalue weighted by molar-refractivity contribution is 5.83. The van der Waals surface area contributed by atoms with E-state index in [1.807, 2.05) is 20.0 Å². The fraction of sp³-hybridized carbons (Fsp3) is 0.714. The molecule has 106 valence electrons. The zero-order valence-corrected chi connectivity index (χ0v) is 11.8. The van der Waals surface area contributed by atoms with Crippen molar-refractivity contribution in [1.29, 1.82) is 0 Å². The lowest BCUT2D eigenvalue weighted by Crippen LogP contribution is -2.46. The van der Waals surface area contributed by atoms with E-state index < -0.39 is 5.41 Å². The second-order valence-corrected chi connectivity index (χ2v) is 5.42. The number of aryl methyl sites for hydroxylation is 1. The van der Waals surface area contributed by atoms with Crippen molar-refractivity contribution in [3.63, 3.8) is 0 Å². The number of fused-ring (bicyclic) bond motifs is 1. The van der Waals surface area contributed by atoms with Crippen molar-refractivity contribution in [3.05, 3.63) is 17.5 Å². The van der Waals surface area contributed by atoms with Crippen LogP contribution in [0.1, 0.15) is 56.8 Å². The van der Waals surface area contributed by atoms with E-state index in [1.54, 1.807) is 0 Å². The molecule has 0 aliphatic heterocycles. The normalized spacial score (nSPS) is 19.0. The monoisotopic (exact) mass is 264 g/mol.